The minimum atomic E-state index is 0.122. The molecule has 2 atom stereocenters. The van der Waals surface area contributed by atoms with Crippen molar-refractivity contribution in [1.29, 1.82) is 0 Å². The summed E-state index contributed by atoms with van der Waals surface area (Å²) >= 11 is 0. The zero-order valence-electron chi connectivity index (χ0n) is 6.86. The van der Waals surface area contributed by atoms with E-state index in [1.54, 1.807) is 0 Å². The molecule has 0 aliphatic carbocycles. The molecular weight excluding hydrogens is 156 g/mol. The highest BCUT2D eigenvalue weighted by Crippen LogP contribution is 2.29. The molecule has 2 saturated heterocycles. The first kappa shape index (κ1) is 7.86. The van der Waals surface area contributed by atoms with E-state index in [4.69, 9.17) is 10.3 Å². The summed E-state index contributed by atoms with van der Waals surface area (Å²) in [5.74, 6) is 0. The number of hydrogen-bond donors (Lipinski definition) is 1. The van der Waals surface area contributed by atoms with Crippen molar-refractivity contribution >= 4 is 0 Å². The zero-order valence-corrected chi connectivity index (χ0v) is 6.86. The predicted molar refractivity (Wildman–Crippen MR) is 43.7 cm³/mol. The van der Waals surface area contributed by atoms with E-state index >= 15 is 0 Å². The van der Waals surface area contributed by atoms with Gasteiger partial charge in [-0.25, -0.2) is 0 Å². The normalized spacial score (nSPS) is 40.2. The lowest BCUT2D eigenvalue weighted by Gasteiger charge is -2.20. The van der Waals surface area contributed by atoms with E-state index in [-0.39, 0.29) is 11.6 Å². The van der Waals surface area contributed by atoms with Crippen LogP contribution >= 0.6 is 0 Å². The maximum absolute atomic E-state index is 8.26. The Morgan fingerprint density at radius 1 is 1.67 bits per heavy atom. The average molecular weight is 168 g/mol. The van der Waals surface area contributed by atoms with E-state index in [1.165, 1.54) is 0 Å². The Labute approximate surface area is 70.7 Å². The summed E-state index contributed by atoms with van der Waals surface area (Å²) in [5.41, 5.74) is 8.38. The van der Waals surface area contributed by atoms with Crippen molar-refractivity contribution < 1.29 is 4.74 Å². The highest BCUT2D eigenvalue weighted by molar-refractivity contribution is 5.01. The van der Waals surface area contributed by atoms with Gasteiger partial charge in [0.2, 0.25) is 0 Å². The molecule has 2 aliphatic rings. The quantitative estimate of drug-likeness (QED) is 0.357. The maximum atomic E-state index is 8.26. The van der Waals surface area contributed by atoms with Crippen molar-refractivity contribution in [1.82, 2.24) is 5.32 Å². The van der Waals surface area contributed by atoms with E-state index < -0.39 is 0 Å². The van der Waals surface area contributed by atoms with Crippen LogP contribution in [-0.4, -0.2) is 31.3 Å². The molecule has 0 radical (unpaired) electrons. The van der Waals surface area contributed by atoms with Gasteiger partial charge in [0.1, 0.15) is 0 Å². The number of nitrogens with zero attached hydrogens (tertiary/aromatic N) is 3. The van der Waals surface area contributed by atoms with Crippen molar-refractivity contribution in [3.63, 3.8) is 0 Å². The molecule has 2 unspecified atom stereocenters. The standard InChI is InChI=1S/C7H12N4O/c8-11-10-6-3-7(9-4-6)1-2-12-5-7/h6,9H,1-5H2. The summed E-state index contributed by atoms with van der Waals surface area (Å²) in [7, 11) is 0. The van der Waals surface area contributed by atoms with Gasteiger partial charge in [-0.3, -0.25) is 0 Å². The molecule has 1 N–H and O–H groups in total. The van der Waals surface area contributed by atoms with E-state index in [1.807, 2.05) is 0 Å². The van der Waals surface area contributed by atoms with Gasteiger partial charge < -0.3 is 10.1 Å². The van der Waals surface area contributed by atoms with E-state index in [0.717, 1.165) is 32.6 Å². The van der Waals surface area contributed by atoms with Crippen LogP contribution in [0.25, 0.3) is 10.4 Å². The van der Waals surface area contributed by atoms with Crippen LogP contribution in [0.3, 0.4) is 0 Å². The van der Waals surface area contributed by atoms with Gasteiger partial charge in [-0.1, -0.05) is 5.11 Å². The highest BCUT2D eigenvalue weighted by Gasteiger charge is 2.41. The van der Waals surface area contributed by atoms with Gasteiger partial charge in [-0.2, -0.15) is 0 Å². The highest BCUT2D eigenvalue weighted by atomic mass is 16.5. The van der Waals surface area contributed by atoms with E-state index in [0.29, 0.717) is 0 Å². The second-order valence-corrected chi connectivity index (χ2v) is 3.53. The molecular formula is C7H12N4O. The lowest BCUT2D eigenvalue weighted by atomic mass is 9.96. The van der Waals surface area contributed by atoms with Gasteiger partial charge in [-0.15, -0.1) is 0 Å². The SMILES string of the molecule is [N-]=[N+]=NC1CNC2(CCOC2)C1. The Morgan fingerprint density at radius 3 is 3.25 bits per heavy atom. The van der Waals surface area contributed by atoms with Crippen LogP contribution in [0.2, 0.25) is 0 Å². The number of rotatable bonds is 1. The van der Waals surface area contributed by atoms with Gasteiger partial charge in [0.15, 0.2) is 0 Å². The summed E-state index contributed by atoms with van der Waals surface area (Å²) in [6, 6.07) is 0.122. The Hall–Kier alpha value is -0.770. The van der Waals surface area contributed by atoms with Gasteiger partial charge in [0.05, 0.1) is 12.6 Å². The molecule has 0 amide bonds. The topological polar surface area (TPSA) is 70.0 Å². The molecule has 0 aromatic rings. The zero-order chi connectivity index (χ0) is 8.44. The molecule has 0 aromatic heterocycles. The van der Waals surface area contributed by atoms with Crippen LogP contribution in [0.4, 0.5) is 0 Å². The molecule has 1 spiro atoms. The fourth-order valence-corrected chi connectivity index (χ4v) is 1.99. The summed E-state index contributed by atoms with van der Waals surface area (Å²) < 4.78 is 5.31. The molecule has 0 aromatic carbocycles. The molecule has 2 heterocycles. The van der Waals surface area contributed by atoms with Gasteiger partial charge in [-0.05, 0) is 18.4 Å². The number of hydrogen-bond acceptors (Lipinski definition) is 3. The number of ether oxygens (including phenoxy) is 1. The number of nitrogens with one attached hydrogen (secondary N) is 1. The van der Waals surface area contributed by atoms with Crippen LogP contribution in [0.1, 0.15) is 12.8 Å². The van der Waals surface area contributed by atoms with Crippen molar-refractivity contribution in [2.45, 2.75) is 24.4 Å². The van der Waals surface area contributed by atoms with Crippen LogP contribution in [0.5, 0.6) is 0 Å². The van der Waals surface area contributed by atoms with Crippen LogP contribution in [0.15, 0.2) is 5.11 Å². The first-order valence-electron chi connectivity index (χ1n) is 4.22. The Morgan fingerprint density at radius 2 is 2.58 bits per heavy atom. The first-order valence-corrected chi connectivity index (χ1v) is 4.22. The predicted octanol–water partition coefficient (Wildman–Crippen LogP) is 0.818. The van der Waals surface area contributed by atoms with Crippen LogP contribution in [-0.2, 0) is 4.74 Å². The molecule has 5 nitrogen and oxygen atoms in total. The molecule has 2 rings (SSSR count). The summed E-state index contributed by atoms with van der Waals surface area (Å²) in [6.07, 6.45) is 1.97. The summed E-state index contributed by atoms with van der Waals surface area (Å²) in [5, 5.41) is 7.08. The molecule has 5 heteroatoms. The minimum Gasteiger partial charge on any atom is -0.379 e. The summed E-state index contributed by atoms with van der Waals surface area (Å²) in [4.78, 5) is 2.82. The molecule has 12 heavy (non-hydrogen) atoms. The third-order valence-electron chi connectivity index (χ3n) is 2.66. The fourth-order valence-electron chi connectivity index (χ4n) is 1.99. The Kier molecular flexibility index (Phi) is 1.92. The largest absolute Gasteiger partial charge is 0.379 e. The monoisotopic (exact) mass is 168 g/mol. The molecule has 0 bridgehead atoms. The van der Waals surface area contributed by atoms with E-state index in [2.05, 4.69) is 15.3 Å². The Bertz CT molecular complexity index is 217. The average Bonchev–Trinajstić information content (AvgIpc) is 2.65. The lowest BCUT2D eigenvalue weighted by Crippen LogP contribution is -2.39. The first-order chi connectivity index (χ1) is 5.85. The van der Waals surface area contributed by atoms with Gasteiger partial charge in [0, 0.05) is 23.6 Å². The second kappa shape index (κ2) is 2.94. The van der Waals surface area contributed by atoms with Crippen molar-refractivity contribution in [2.24, 2.45) is 5.11 Å². The van der Waals surface area contributed by atoms with Gasteiger partial charge >= 0.3 is 0 Å². The Balaban J connectivity index is 2.00. The fraction of sp³-hybridized carbons (Fsp3) is 1.00. The molecule has 2 fully saturated rings. The van der Waals surface area contributed by atoms with Gasteiger partial charge in [0.25, 0.3) is 0 Å². The lowest BCUT2D eigenvalue weighted by molar-refractivity contribution is 0.172. The minimum absolute atomic E-state index is 0.122. The van der Waals surface area contributed by atoms with Crippen LogP contribution in [0, 0.1) is 0 Å². The third kappa shape index (κ3) is 1.27. The van der Waals surface area contributed by atoms with Crippen molar-refractivity contribution in [3.05, 3.63) is 10.4 Å². The molecule has 66 valence electrons. The van der Waals surface area contributed by atoms with Crippen molar-refractivity contribution in [3.8, 4) is 0 Å². The number of azide groups is 1. The maximum Gasteiger partial charge on any atom is 0.0649 e. The van der Waals surface area contributed by atoms with E-state index in [9.17, 15) is 0 Å². The second-order valence-electron chi connectivity index (χ2n) is 3.53. The smallest absolute Gasteiger partial charge is 0.0649 e. The van der Waals surface area contributed by atoms with Crippen LogP contribution < -0.4 is 5.32 Å². The molecule has 0 saturated carbocycles. The third-order valence-corrected chi connectivity index (χ3v) is 2.66. The summed E-state index contributed by atoms with van der Waals surface area (Å²) in [6.45, 7) is 2.40. The molecule has 2 aliphatic heterocycles. The van der Waals surface area contributed by atoms with Crippen molar-refractivity contribution in [2.75, 3.05) is 19.8 Å².